The molecule has 0 unspecified atom stereocenters. The van der Waals surface area contributed by atoms with Crippen LogP contribution in [0.4, 0.5) is 0 Å². The molecular formula is C18H17N3O2S. The highest BCUT2D eigenvalue weighted by molar-refractivity contribution is 7.80. The monoisotopic (exact) mass is 339 g/mol. The minimum atomic E-state index is -0.391. The SMILES string of the molecule is C=CCNC(=S)N/N=C/c1ccc(OC(=O)c2ccccc2)cc1. The first-order valence-corrected chi connectivity index (χ1v) is 7.65. The highest BCUT2D eigenvalue weighted by atomic mass is 32.1. The molecule has 0 fully saturated rings. The summed E-state index contributed by atoms with van der Waals surface area (Å²) in [5, 5.41) is 7.32. The second-order valence-corrected chi connectivity index (χ2v) is 5.10. The van der Waals surface area contributed by atoms with E-state index in [0.29, 0.717) is 23.0 Å². The molecule has 0 amide bonds. The van der Waals surface area contributed by atoms with Crippen molar-refractivity contribution < 1.29 is 9.53 Å². The molecule has 122 valence electrons. The van der Waals surface area contributed by atoms with E-state index in [1.165, 1.54) is 0 Å². The topological polar surface area (TPSA) is 62.7 Å². The molecule has 6 heteroatoms. The van der Waals surface area contributed by atoms with Gasteiger partial charge in [-0.05, 0) is 54.2 Å². The van der Waals surface area contributed by atoms with Gasteiger partial charge in [0.15, 0.2) is 5.11 Å². The van der Waals surface area contributed by atoms with Crippen LogP contribution in [-0.2, 0) is 0 Å². The maximum Gasteiger partial charge on any atom is 0.343 e. The summed E-state index contributed by atoms with van der Waals surface area (Å²) in [6.45, 7) is 4.16. The Balaban J connectivity index is 1.87. The van der Waals surface area contributed by atoms with Gasteiger partial charge in [-0.3, -0.25) is 5.43 Å². The Kier molecular flexibility index (Phi) is 6.67. The summed E-state index contributed by atoms with van der Waals surface area (Å²) in [5.41, 5.74) is 4.04. The normalized spacial score (nSPS) is 10.2. The third-order valence-electron chi connectivity index (χ3n) is 2.89. The Hall–Kier alpha value is -2.99. The molecule has 0 aliphatic carbocycles. The summed E-state index contributed by atoms with van der Waals surface area (Å²) >= 11 is 5.01. The predicted molar refractivity (Wildman–Crippen MR) is 99.4 cm³/mol. The summed E-state index contributed by atoms with van der Waals surface area (Å²) in [6.07, 6.45) is 3.32. The second kappa shape index (κ2) is 9.22. The fourth-order valence-corrected chi connectivity index (χ4v) is 1.87. The number of benzene rings is 2. The van der Waals surface area contributed by atoms with Gasteiger partial charge in [-0.2, -0.15) is 5.10 Å². The lowest BCUT2D eigenvalue weighted by Gasteiger charge is -2.05. The van der Waals surface area contributed by atoms with Crippen LogP contribution in [0.2, 0.25) is 0 Å². The molecule has 2 aromatic carbocycles. The highest BCUT2D eigenvalue weighted by Crippen LogP contribution is 2.13. The number of ether oxygens (including phenoxy) is 1. The summed E-state index contributed by atoms with van der Waals surface area (Å²) in [7, 11) is 0. The fourth-order valence-electron chi connectivity index (χ4n) is 1.73. The van der Waals surface area contributed by atoms with Gasteiger partial charge in [-0.1, -0.05) is 24.3 Å². The second-order valence-electron chi connectivity index (χ2n) is 4.69. The fraction of sp³-hybridized carbons (Fsp3) is 0.0556. The number of thiocarbonyl (C=S) groups is 1. The van der Waals surface area contributed by atoms with Crippen LogP contribution in [0.25, 0.3) is 0 Å². The molecule has 24 heavy (non-hydrogen) atoms. The van der Waals surface area contributed by atoms with Crippen LogP contribution in [0.5, 0.6) is 5.75 Å². The summed E-state index contributed by atoms with van der Waals surface area (Å²) in [5.74, 6) is 0.0782. The average Bonchev–Trinajstić information content (AvgIpc) is 2.62. The Bertz CT molecular complexity index is 728. The number of nitrogens with one attached hydrogen (secondary N) is 2. The molecule has 0 saturated carbocycles. The van der Waals surface area contributed by atoms with Gasteiger partial charge in [0.05, 0.1) is 11.8 Å². The zero-order chi connectivity index (χ0) is 17.2. The number of rotatable bonds is 6. The molecular weight excluding hydrogens is 322 g/mol. The van der Waals surface area contributed by atoms with E-state index in [2.05, 4.69) is 22.4 Å². The van der Waals surface area contributed by atoms with Crippen LogP contribution >= 0.6 is 12.2 Å². The van der Waals surface area contributed by atoms with Crippen LogP contribution in [0.3, 0.4) is 0 Å². The van der Waals surface area contributed by atoms with Crippen LogP contribution in [-0.4, -0.2) is 23.8 Å². The van der Waals surface area contributed by atoms with Crippen molar-refractivity contribution in [3.05, 3.63) is 78.4 Å². The Morgan fingerprint density at radius 3 is 2.54 bits per heavy atom. The lowest BCUT2D eigenvalue weighted by molar-refractivity contribution is 0.0735. The Morgan fingerprint density at radius 1 is 1.17 bits per heavy atom. The van der Waals surface area contributed by atoms with Gasteiger partial charge in [0.1, 0.15) is 5.75 Å². The minimum Gasteiger partial charge on any atom is -0.423 e. The van der Waals surface area contributed by atoms with Crippen molar-refractivity contribution in [2.75, 3.05) is 6.54 Å². The van der Waals surface area contributed by atoms with E-state index in [4.69, 9.17) is 17.0 Å². The molecule has 0 spiro atoms. The molecule has 0 radical (unpaired) electrons. The summed E-state index contributed by atoms with van der Waals surface area (Å²) < 4.78 is 5.30. The first-order chi connectivity index (χ1) is 11.7. The number of nitrogens with zero attached hydrogens (tertiary/aromatic N) is 1. The zero-order valence-corrected chi connectivity index (χ0v) is 13.8. The molecule has 0 heterocycles. The quantitative estimate of drug-likeness (QED) is 0.212. The van der Waals surface area contributed by atoms with Crippen molar-refractivity contribution in [3.8, 4) is 5.75 Å². The molecule has 5 nitrogen and oxygen atoms in total. The Morgan fingerprint density at radius 2 is 1.88 bits per heavy atom. The maximum absolute atomic E-state index is 11.9. The summed E-state index contributed by atoms with van der Waals surface area (Å²) in [6, 6.07) is 15.8. The van der Waals surface area contributed by atoms with E-state index >= 15 is 0 Å². The van der Waals surface area contributed by atoms with Gasteiger partial charge >= 0.3 is 5.97 Å². The molecule has 0 bridgehead atoms. The van der Waals surface area contributed by atoms with Crippen LogP contribution in [0, 0.1) is 0 Å². The standard InChI is InChI=1S/C18H17N3O2S/c1-2-12-19-18(24)21-20-13-14-8-10-16(11-9-14)23-17(22)15-6-4-3-5-7-15/h2-11,13H,1,12H2,(H2,19,21,24)/b20-13+. The molecule has 0 aliphatic rings. The smallest absolute Gasteiger partial charge is 0.343 e. The third-order valence-corrected chi connectivity index (χ3v) is 3.12. The lowest BCUT2D eigenvalue weighted by atomic mass is 10.2. The number of esters is 1. The maximum atomic E-state index is 11.9. The zero-order valence-electron chi connectivity index (χ0n) is 12.9. The molecule has 0 atom stereocenters. The van der Waals surface area contributed by atoms with Crippen LogP contribution in [0.1, 0.15) is 15.9 Å². The highest BCUT2D eigenvalue weighted by Gasteiger charge is 2.07. The van der Waals surface area contributed by atoms with Crippen molar-refractivity contribution in [2.24, 2.45) is 5.10 Å². The first-order valence-electron chi connectivity index (χ1n) is 7.24. The minimum absolute atomic E-state index is 0.391. The number of hydrogen-bond acceptors (Lipinski definition) is 4. The molecule has 2 rings (SSSR count). The van der Waals surface area contributed by atoms with E-state index in [-0.39, 0.29) is 0 Å². The van der Waals surface area contributed by atoms with E-state index in [1.54, 1.807) is 60.8 Å². The van der Waals surface area contributed by atoms with Crippen molar-refractivity contribution in [1.82, 2.24) is 10.7 Å². The predicted octanol–water partition coefficient (Wildman–Crippen LogP) is 2.89. The van der Waals surface area contributed by atoms with Crippen molar-refractivity contribution in [3.63, 3.8) is 0 Å². The van der Waals surface area contributed by atoms with Crippen molar-refractivity contribution in [1.29, 1.82) is 0 Å². The molecule has 0 aliphatic heterocycles. The number of hydrazone groups is 1. The summed E-state index contributed by atoms with van der Waals surface area (Å²) in [4.78, 5) is 11.9. The van der Waals surface area contributed by atoms with E-state index < -0.39 is 5.97 Å². The third kappa shape index (κ3) is 5.66. The number of carbonyl (C=O) groups is 1. The van der Waals surface area contributed by atoms with E-state index in [1.807, 2.05) is 6.07 Å². The van der Waals surface area contributed by atoms with Gasteiger partial charge < -0.3 is 10.1 Å². The molecule has 2 N–H and O–H groups in total. The number of hydrogen-bond donors (Lipinski definition) is 2. The first kappa shape index (κ1) is 17.4. The number of carbonyl (C=O) groups excluding carboxylic acids is 1. The van der Waals surface area contributed by atoms with Gasteiger partial charge in [0, 0.05) is 6.54 Å². The Labute approximate surface area is 146 Å². The molecule has 2 aromatic rings. The van der Waals surface area contributed by atoms with Crippen LogP contribution < -0.4 is 15.5 Å². The van der Waals surface area contributed by atoms with Crippen molar-refractivity contribution in [2.45, 2.75) is 0 Å². The van der Waals surface area contributed by atoms with Gasteiger partial charge in [0.25, 0.3) is 0 Å². The largest absolute Gasteiger partial charge is 0.423 e. The molecule has 0 saturated heterocycles. The average molecular weight is 339 g/mol. The van der Waals surface area contributed by atoms with Gasteiger partial charge in [0.2, 0.25) is 0 Å². The van der Waals surface area contributed by atoms with Crippen LogP contribution in [0.15, 0.2) is 72.4 Å². The lowest BCUT2D eigenvalue weighted by Crippen LogP contribution is -2.31. The van der Waals surface area contributed by atoms with Gasteiger partial charge in [-0.15, -0.1) is 6.58 Å². The van der Waals surface area contributed by atoms with E-state index in [9.17, 15) is 4.79 Å². The molecule has 0 aromatic heterocycles. The van der Waals surface area contributed by atoms with Crippen molar-refractivity contribution >= 4 is 29.5 Å². The van der Waals surface area contributed by atoms with Gasteiger partial charge in [-0.25, -0.2) is 4.79 Å². The van der Waals surface area contributed by atoms with E-state index in [0.717, 1.165) is 5.56 Å².